The molecule has 2 unspecified atom stereocenters. The van der Waals surface area contributed by atoms with Crippen LogP contribution in [0.1, 0.15) is 37.6 Å². The zero-order chi connectivity index (χ0) is 11.3. The molecule has 0 aromatic carbocycles. The lowest BCUT2D eigenvalue weighted by Crippen LogP contribution is -2.31. The average Bonchev–Trinajstić information content (AvgIpc) is 2.77. The summed E-state index contributed by atoms with van der Waals surface area (Å²) in [6.45, 7) is 5.34. The van der Waals surface area contributed by atoms with E-state index in [0.29, 0.717) is 12.1 Å². The van der Waals surface area contributed by atoms with Crippen molar-refractivity contribution in [2.24, 2.45) is 5.73 Å². The van der Waals surface area contributed by atoms with Crippen LogP contribution in [0.25, 0.3) is 0 Å². The van der Waals surface area contributed by atoms with Gasteiger partial charge in [0.15, 0.2) is 0 Å². The highest BCUT2D eigenvalue weighted by atomic mass is 32.1. The number of thiophene rings is 1. The molecule has 86 valence electrons. The van der Waals surface area contributed by atoms with Crippen molar-refractivity contribution in [1.29, 1.82) is 0 Å². The highest BCUT2D eigenvalue weighted by Crippen LogP contribution is 2.25. The Kier molecular flexibility index (Phi) is 5.29. The van der Waals surface area contributed by atoms with Gasteiger partial charge in [-0.25, -0.2) is 0 Å². The van der Waals surface area contributed by atoms with Gasteiger partial charge < -0.3 is 5.73 Å². The molecule has 1 aromatic heterocycles. The molecule has 0 aliphatic carbocycles. The van der Waals surface area contributed by atoms with Crippen LogP contribution in [0.4, 0.5) is 0 Å². The molecule has 3 heteroatoms. The van der Waals surface area contributed by atoms with Gasteiger partial charge in [-0.15, -0.1) is 11.3 Å². The van der Waals surface area contributed by atoms with Crippen molar-refractivity contribution in [1.82, 2.24) is 4.90 Å². The van der Waals surface area contributed by atoms with Gasteiger partial charge in [0, 0.05) is 17.0 Å². The maximum Gasteiger partial charge on any atom is 0.0413 e. The van der Waals surface area contributed by atoms with E-state index in [4.69, 9.17) is 5.73 Å². The van der Waals surface area contributed by atoms with Crippen LogP contribution in [0.3, 0.4) is 0 Å². The van der Waals surface area contributed by atoms with Crippen LogP contribution < -0.4 is 5.73 Å². The van der Waals surface area contributed by atoms with E-state index in [1.165, 1.54) is 11.3 Å². The fourth-order valence-electron chi connectivity index (χ4n) is 1.73. The van der Waals surface area contributed by atoms with E-state index in [2.05, 4.69) is 43.3 Å². The van der Waals surface area contributed by atoms with Gasteiger partial charge >= 0.3 is 0 Å². The summed E-state index contributed by atoms with van der Waals surface area (Å²) in [6.07, 6.45) is 2.30. The molecule has 0 aliphatic rings. The molecule has 0 saturated heterocycles. The van der Waals surface area contributed by atoms with Gasteiger partial charge in [0.05, 0.1) is 0 Å². The summed E-state index contributed by atoms with van der Waals surface area (Å²) in [5.74, 6) is 0. The van der Waals surface area contributed by atoms with Crippen LogP contribution in [-0.2, 0) is 0 Å². The normalized spacial score (nSPS) is 15.5. The first kappa shape index (κ1) is 12.7. The highest BCUT2D eigenvalue weighted by molar-refractivity contribution is 7.10. The second-order valence-corrected chi connectivity index (χ2v) is 5.12. The Morgan fingerprint density at radius 3 is 2.73 bits per heavy atom. The lowest BCUT2D eigenvalue weighted by molar-refractivity contribution is 0.189. The molecule has 1 aromatic rings. The monoisotopic (exact) mass is 226 g/mol. The predicted octanol–water partition coefficient (Wildman–Crippen LogP) is 2.87. The Labute approximate surface area is 97.1 Å². The summed E-state index contributed by atoms with van der Waals surface area (Å²) < 4.78 is 0. The first-order valence-electron chi connectivity index (χ1n) is 5.62. The van der Waals surface area contributed by atoms with Gasteiger partial charge in [0.2, 0.25) is 0 Å². The molecule has 1 heterocycles. The standard InChI is InChI=1S/C12H22N2S/c1-10(6-4-8-13)14(3)11(2)12-7-5-9-15-12/h5,7,9-11H,4,6,8,13H2,1-3H3. The van der Waals surface area contributed by atoms with E-state index in [-0.39, 0.29) is 0 Å². The Bertz CT molecular complexity index is 259. The van der Waals surface area contributed by atoms with Crippen molar-refractivity contribution in [2.75, 3.05) is 13.6 Å². The largest absolute Gasteiger partial charge is 0.330 e. The average molecular weight is 226 g/mol. The summed E-state index contributed by atoms with van der Waals surface area (Å²) in [6, 6.07) is 5.44. The van der Waals surface area contributed by atoms with Gasteiger partial charge in [-0.1, -0.05) is 6.07 Å². The third kappa shape index (κ3) is 3.59. The molecule has 1 rings (SSSR count). The Morgan fingerprint density at radius 1 is 1.47 bits per heavy atom. The minimum absolute atomic E-state index is 0.512. The molecular formula is C12H22N2S. The van der Waals surface area contributed by atoms with Crippen molar-refractivity contribution in [3.8, 4) is 0 Å². The van der Waals surface area contributed by atoms with Crippen molar-refractivity contribution >= 4 is 11.3 Å². The van der Waals surface area contributed by atoms with Crippen molar-refractivity contribution < 1.29 is 0 Å². The first-order chi connectivity index (χ1) is 7.16. The summed E-state index contributed by atoms with van der Waals surface area (Å²) in [4.78, 5) is 3.87. The van der Waals surface area contributed by atoms with E-state index < -0.39 is 0 Å². The second-order valence-electron chi connectivity index (χ2n) is 4.14. The van der Waals surface area contributed by atoms with Crippen LogP contribution in [-0.4, -0.2) is 24.5 Å². The minimum atomic E-state index is 0.512. The third-order valence-electron chi connectivity index (χ3n) is 3.09. The summed E-state index contributed by atoms with van der Waals surface area (Å²) in [7, 11) is 2.20. The van der Waals surface area contributed by atoms with Crippen molar-refractivity contribution in [3.63, 3.8) is 0 Å². The second kappa shape index (κ2) is 6.26. The molecule has 2 nitrogen and oxygen atoms in total. The van der Waals surface area contributed by atoms with E-state index in [1.807, 2.05) is 11.3 Å². The van der Waals surface area contributed by atoms with Gasteiger partial charge in [0.25, 0.3) is 0 Å². The number of hydrogen-bond donors (Lipinski definition) is 1. The molecule has 0 amide bonds. The fraction of sp³-hybridized carbons (Fsp3) is 0.667. The molecule has 15 heavy (non-hydrogen) atoms. The topological polar surface area (TPSA) is 29.3 Å². The minimum Gasteiger partial charge on any atom is -0.330 e. The molecule has 0 radical (unpaired) electrons. The summed E-state index contributed by atoms with van der Waals surface area (Å²) in [5, 5.41) is 2.14. The van der Waals surface area contributed by atoms with Gasteiger partial charge in [-0.05, 0) is 51.7 Å². The lowest BCUT2D eigenvalue weighted by Gasteiger charge is -2.30. The number of nitrogens with zero attached hydrogens (tertiary/aromatic N) is 1. The molecule has 0 fully saturated rings. The van der Waals surface area contributed by atoms with Crippen LogP contribution in [0, 0.1) is 0 Å². The maximum absolute atomic E-state index is 5.53. The van der Waals surface area contributed by atoms with E-state index >= 15 is 0 Å². The molecule has 0 bridgehead atoms. The molecule has 0 aliphatic heterocycles. The van der Waals surface area contributed by atoms with Gasteiger partial charge in [-0.2, -0.15) is 0 Å². The highest BCUT2D eigenvalue weighted by Gasteiger charge is 2.17. The molecular weight excluding hydrogens is 204 g/mol. The number of hydrogen-bond acceptors (Lipinski definition) is 3. The van der Waals surface area contributed by atoms with Crippen LogP contribution in [0.15, 0.2) is 17.5 Å². The smallest absolute Gasteiger partial charge is 0.0413 e. The Morgan fingerprint density at radius 2 is 2.20 bits per heavy atom. The van der Waals surface area contributed by atoms with Crippen molar-refractivity contribution in [3.05, 3.63) is 22.4 Å². The zero-order valence-electron chi connectivity index (χ0n) is 9.94. The fourth-order valence-corrected chi connectivity index (χ4v) is 2.56. The maximum atomic E-state index is 5.53. The Hall–Kier alpha value is -0.380. The van der Waals surface area contributed by atoms with Crippen LogP contribution in [0.2, 0.25) is 0 Å². The first-order valence-corrected chi connectivity index (χ1v) is 6.50. The van der Waals surface area contributed by atoms with E-state index in [1.54, 1.807) is 0 Å². The van der Waals surface area contributed by atoms with E-state index in [9.17, 15) is 0 Å². The van der Waals surface area contributed by atoms with Gasteiger partial charge in [-0.3, -0.25) is 4.90 Å². The summed E-state index contributed by atoms with van der Waals surface area (Å²) >= 11 is 1.83. The molecule has 2 N–H and O–H groups in total. The molecule has 0 spiro atoms. The number of rotatable bonds is 6. The third-order valence-corrected chi connectivity index (χ3v) is 4.13. The lowest BCUT2D eigenvalue weighted by atomic mass is 10.1. The van der Waals surface area contributed by atoms with Gasteiger partial charge in [0.1, 0.15) is 0 Å². The van der Waals surface area contributed by atoms with Crippen LogP contribution >= 0.6 is 11.3 Å². The molecule has 0 saturated carbocycles. The summed E-state index contributed by atoms with van der Waals surface area (Å²) in [5.41, 5.74) is 5.53. The SMILES string of the molecule is CC(CCCN)N(C)C(C)c1cccs1. The quantitative estimate of drug-likeness (QED) is 0.808. The van der Waals surface area contributed by atoms with Crippen LogP contribution in [0.5, 0.6) is 0 Å². The zero-order valence-corrected chi connectivity index (χ0v) is 10.8. The van der Waals surface area contributed by atoms with E-state index in [0.717, 1.165) is 13.0 Å². The van der Waals surface area contributed by atoms with Crippen molar-refractivity contribution in [2.45, 2.75) is 38.8 Å². The Balaban J connectivity index is 2.48. The molecule has 2 atom stereocenters. The predicted molar refractivity (Wildman–Crippen MR) is 68.2 cm³/mol. The number of nitrogens with two attached hydrogens (primary N) is 1.